The van der Waals surface area contributed by atoms with Crippen LogP contribution in [-0.4, -0.2) is 17.8 Å². The van der Waals surface area contributed by atoms with Crippen LogP contribution < -0.4 is 5.32 Å². The van der Waals surface area contributed by atoms with Crippen molar-refractivity contribution in [2.75, 3.05) is 6.54 Å². The molecule has 0 saturated heterocycles. The van der Waals surface area contributed by atoms with Gasteiger partial charge >= 0.3 is 0 Å². The fourth-order valence-corrected chi connectivity index (χ4v) is 2.08. The van der Waals surface area contributed by atoms with E-state index in [1.165, 1.54) is 12.1 Å². The second-order valence-electron chi connectivity index (χ2n) is 4.55. The highest BCUT2D eigenvalue weighted by atomic mass is 19.1. The SMILES string of the molecule is CCC(CC)C(O)CNCc1cc(F)cc(F)c1. The molecule has 0 heterocycles. The summed E-state index contributed by atoms with van der Waals surface area (Å²) in [5, 5.41) is 12.9. The highest BCUT2D eigenvalue weighted by Crippen LogP contribution is 2.12. The zero-order valence-electron chi connectivity index (χ0n) is 10.9. The molecule has 0 aliphatic rings. The maximum Gasteiger partial charge on any atom is 0.126 e. The van der Waals surface area contributed by atoms with Gasteiger partial charge in [0.25, 0.3) is 0 Å². The summed E-state index contributed by atoms with van der Waals surface area (Å²) >= 11 is 0. The molecule has 0 aliphatic heterocycles. The lowest BCUT2D eigenvalue weighted by atomic mass is 9.96. The predicted molar refractivity (Wildman–Crippen MR) is 68.1 cm³/mol. The average Bonchev–Trinajstić information content (AvgIpc) is 2.29. The molecule has 0 saturated carbocycles. The average molecular weight is 257 g/mol. The van der Waals surface area contributed by atoms with Gasteiger partial charge in [-0.05, 0) is 23.6 Å². The van der Waals surface area contributed by atoms with E-state index in [2.05, 4.69) is 5.32 Å². The molecule has 102 valence electrons. The quantitative estimate of drug-likeness (QED) is 0.787. The second kappa shape index (κ2) is 7.44. The van der Waals surface area contributed by atoms with Crippen LogP contribution >= 0.6 is 0 Å². The van der Waals surface area contributed by atoms with Crippen molar-refractivity contribution in [3.05, 3.63) is 35.4 Å². The molecule has 0 amide bonds. The molecule has 2 nitrogen and oxygen atoms in total. The summed E-state index contributed by atoms with van der Waals surface area (Å²) in [6.45, 7) is 4.87. The van der Waals surface area contributed by atoms with E-state index in [1.807, 2.05) is 13.8 Å². The van der Waals surface area contributed by atoms with E-state index < -0.39 is 17.7 Å². The lowest BCUT2D eigenvalue weighted by Gasteiger charge is -2.20. The molecule has 1 aromatic carbocycles. The molecule has 2 N–H and O–H groups in total. The van der Waals surface area contributed by atoms with Crippen molar-refractivity contribution < 1.29 is 13.9 Å². The molecule has 18 heavy (non-hydrogen) atoms. The van der Waals surface area contributed by atoms with Crippen LogP contribution in [0.4, 0.5) is 8.78 Å². The number of nitrogens with one attached hydrogen (secondary N) is 1. The Bertz CT molecular complexity index is 347. The molecule has 0 spiro atoms. The fourth-order valence-electron chi connectivity index (χ4n) is 2.08. The molecule has 0 aromatic heterocycles. The zero-order valence-corrected chi connectivity index (χ0v) is 10.9. The molecular weight excluding hydrogens is 236 g/mol. The molecule has 1 rings (SSSR count). The summed E-state index contributed by atoms with van der Waals surface area (Å²) in [6.07, 6.45) is 1.43. The van der Waals surface area contributed by atoms with Gasteiger partial charge in [0.2, 0.25) is 0 Å². The summed E-state index contributed by atoms with van der Waals surface area (Å²) < 4.78 is 25.9. The van der Waals surface area contributed by atoms with Gasteiger partial charge in [0, 0.05) is 19.2 Å². The van der Waals surface area contributed by atoms with Gasteiger partial charge < -0.3 is 10.4 Å². The van der Waals surface area contributed by atoms with Gasteiger partial charge in [-0.25, -0.2) is 8.78 Å². The molecule has 0 fully saturated rings. The number of aliphatic hydroxyl groups excluding tert-OH is 1. The Morgan fingerprint density at radius 1 is 1.11 bits per heavy atom. The van der Waals surface area contributed by atoms with Crippen molar-refractivity contribution in [3.8, 4) is 0 Å². The minimum absolute atomic E-state index is 0.266. The topological polar surface area (TPSA) is 32.3 Å². The highest BCUT2D eigenvalue weighted by molar-refractivity contribution is 5.17. The summed E-state index contributed by atoms with van der Waals surface area (Å²) in [4.78, 5) is 0. The zero-order chi connectivity index (χ0) is 13.5. The van der Waals surface area contributed by atoms with Crippen LogP contribution in [0.1, 0.15) is 32.3 Å². The van der Waals surface area contributed by atoms with E-state index in [-0.39, 0.29) is 5.92 Å². The van der Waals surface area contributed by atoms with Gasteiger partial charge in [0.05, 0.1) is 6.10 Å². The molecule has 1 aromatic rings. The monoisotopic (exact) mass is 257 g/mol. The number of halogens is 2. The van der Waals surface area contributed by atoms with E-state index in [4.69, 9.17) is 0 Å². The van der Waals surface area contributed by atoms with Crippen LogP contribution in [0.2, 0.25) is 0 Å². The van der Waals surface area contributed by atoms with Crippen molar-refractivity contribution in [3.63, 3.8) is 0 Å². The molecule has 0 aliphatic carbocycles. The summed E-state index contributed by atoms with van der Waals surface area (Å²) in [6, 6.07) is 3.43. The Kier molecular flexibility index (Phi) is 6.22. The van der Waals surface area contributed by atoms with Crippen molar-refractivity contribution in [2.45, 2.75) is 39.3 Å². The Morgan fingerprint density at radius 3 is 2.17 bits per heavy atom. The van der Waals surface area contributed by atoms with Crippen LogP contribution in [-0.2, 0) is 6.54 Å². The van der Waals surface area contributed by atoms with E-state index >= 15 is 0 Å². The van der Waals surface area contributed by atoms with Gasteiger partial charge in [-0.15, -0.1) is 0 Å². The first-order valence-electron chi connectivity index (χ1n) is 6.40. The smallest absolute Gasteiger partial charge is 0.126 e. The lowest BCUT2D eigenvalue weighted by molar-refractivity contribution is 0.101. The standard InChI is InChI=1S/C14H21F2NO/c1-3-11(4-2)14(18)9-17-8-10-5-12(15)7-13(16)6-10/h5-7,11,14,17-18H,3-4,8-9H2,1-2H3. The van der Waals surface area contributed by atoms with Crippen LogP contribution in [0.25, 0.3) is 0 Å². The Hall–Kier alpha value is -1.00. The van der Waals surface area contributed by atoms with Crippen LogP contribution in [0.3, 0.4) is 0 Å². The number of hydrogen-bond donors (Lipinski definition) is 2. The summed E-state index contributed by atoms with van der Waals surface area (Å²) in [5.74, 6) is -0.888. The van der Waals surface area contributed by atoms with E-state index in [1.54, 1.807) is 0 Å². The van der Waals surface area contributed by atoms with E-state index in [9.17, 15) is 13.9 Å². The molecule has 1 atom stereocenters. The van der Waals surface area contributed by atoms with E-state index in [0.29, 0.717) is 18.7 Å². The number of rotatable bonds is 7. The number of benzene rings is 1. The maximum absolute atomic E-state index is 12.9. The van der Waals surface area contributed by atoms with Crippen molar-refractivity contribution >= 4 is 0 Å². The van der Waals surface area contributed by atoms with Gasteiger partial charge in [-0.3, -0.25) is 0 Å². The van der Waals surface area contributed by atoms with Gasteiger partial charge in [-0.2, -0.15) is 0 Å². The Balaban J connectivity index is 2.41. The maximum atomic E-state index is 12.9. The first-order valence-corrected chi connectivity index (χ1v) is 6.40. The normalized spacial score (nSPS) is 13.0. The summed E-state index contributed by atoms with van der Waals surface area (Å²) in [5.41, 5.74) is 0.546. The first-order chi connectivity index (χ1) is 8.56. The molecule has 4 heteroatoms. The fraction of sp³-hybridized carbons (Fsp3) is 0.571. The third-order valence-corrected chi connectivity index (χ3v) is 3.20. The second-order valence-corrected chi connectivity index (χ2v) is 4.55. The molecular formula is C14H21F2NO. The molecule has 0 radical (unpaired) electrons. The highest BCUT2D eigenvalue weighted by Gasteiger charge is 2.14. The molecule has 0 bridgehead atoms. The molecule has 1 unspecified atom stereocenters. The van der Waals surface area contributed by atoms with Crippen molar-refractivity contribution in [2.24, 2.45) is 5.92 Å². The van der Waals surface area contributed by atoms with Crippen molar-refractivity contribution in [1.82, 2.24) is 5.32 Å². The number of hydrogen-bond acceptors (Lipinski definition) is 2. The third-order valence-electron chi connectivity index (χ3n) is 3.20. The Labute approximate surface area is 107 Å². The van der Waals surface area contributed by atoms with Crippen LogP contribution in [0.15, 0.2) is 18.2 Å². The minimum atomic E-state index is -0.577. The van der Waals surface area contributed by atoms with Gasteiger partial charge in [0.1, 0.15) is 11.6 Å². The Morgan fingerprint density at radius 2 is 1.67 bits per heavy atom. The van der Waals surface area contributed by atoms with Crippen LogP contribution in [0, 0.1) is 17.6 Å². The lowest BCUT2D eigenvalue weighted by Crippen LogP contribution is -2.32. The van der Waals surface area contributed by atoms with Crippen LogP contribution in [0.5, 0.6) is 0 Å². The number of aliphatic hydroxyl groups is 1. The minimum Gasteiger partial charge on any atom is -0.392 e. The largest absolute Gasteiger partial charge is 0.392 e. The van der Waals surface area contributed by atoms with E-state index in [0.717, 1.165) is 18.9 Å². The van der Waals surface area contributed by atoms with Gasteiger partial charge in [-0.1, -0.05) is 26.7 Å². The van der Waals surface area contributed by atoms with Gasteiger partial charge in [0.15, 0.2) is 0 Å². The predicted octanol–water partition coefficient (Wildman–Crippen LogP) is 2.85. The third kappa shape index (κ3) is 4.70. The first kappa shape index (κ1) is 15.1. The summed E-state index contributed by atoms with van der Waals surface area (Å²) in [7, 11) is 0. The van der Waals surface area contributed by atoms with Crippen molar-refractivity contribution in [1.29, 1.82) is 0 Å².